The van der Waals surface area contributed by atoms with Crippen LogP contribution < -0.4 is 19.7 Å². The first-order valence-electron chi connectivity index (χ1n) is 9.42. The molecule has 1 saturated heterocycles. The summed E-state index contributed by atoms with van der Waals surface area (Å²) in [7, 11) is 5.11. The summed E-state index contributed by atoms with van der Waals surface area (Å²) < 4.78 is 15.1. The maximum Gasteiger partial charge on any atom is 0.205 e. The van der Waals surface area contributed by atoms with Gasteiger partial charge in [0.1, 0.15) is 5.82 Å². The molecule has 2 aromatic rings. The lowest BCUT2D eigenvalue weighted by molar-refractivity contribution is 0.354. The van der Waals surface area contributed by atoms with Crippen LogP contribution in [0.3, 0.4) is 0 Å². The molecule has 0 radical (unpaired) electrons. The van der Waals surface area contributed by atoms with E-state index in [0.29, 0.717) is 6.54 Å². The van der Waals surface area contributed by atoms with E-state index < -0.39 is 0 Å². The van der Waals surface area contributed by atoms with Crippen LogP contribution in [0.2, 0.25) is 0 Å². The molecule has 0 atom stereocenters. The Morgan fingerprint density at radius 3 is 2.48 bits per heavy atom. The van der Waals surface area contributed by atoms with E-state index in [1.54, 1.807) is 14.2 Å². The minimum atomic E-state index is 0. The molecule has 0 bridgehead atoms. The van der Waals surface area contributed by atoms with Gasteiger partial charge in [-0.05, 0) is 17.7 Å². The summed E-state index contributed by atoms with van der Waals surface area (Å²) >= 11 is 1.49. The number of nitrogens with one attached hydrogen (secondary N) is 1. The molecule has 1 fully saturated rings. The molecule has 29 heavy (non-hydrogen) atoms. The molecule has 0 saturated carbocycles. The zero-order valence-electron chi connectivity index (χ0n) is 17.3. The van der Waals surface area contributed by atoms with Crippen molar-refractivity contribution in [2.45, 2.75) is 19.9 Å². The highest BCUT2D eigenvalue weighted by Gasteiger charge is 2.22. The van der Waals surface area contributed by atoms with Gasteiger partial charge in [0.05, 0.1) is 14.2 Å². The Morgan fingerprint density at radius 1 is 1.17 bits per heavy atom. The Labute approximate surface area is 193 Å². The zero-order chi connectivity index (χ0) is 19.9. The van der Waals surface area contributed by atoms with Gasteiger partial charge in [-0.3, -0.25) is 4.99 Å². The van der Waals surface area contributed by atoms with Gasteiger partial charge in [0, 0.05) is 57.7 Å². The fraction of sp³-hybridized carbons (Fsp3) is 0.526. The van der Waals surface area contributed by atoms with Crippen LogP contribution in [0.25, 0.3) is 0 Å². The van der Waals surface area contributed by atoms with Crippen LogP contribution in [0.4, 0.5) is 5.13 Å². The first-order valence-corrected chi connectivity index (χ1v) is 10.2. The van der Waals surface area contributed by atoms with Gasteiger partial charge in [-0.25, -0.2) is 4.98 Å². The van der Waals surface area contributed by atoms with Crippen LogP contribution in [-0.2, 0) is 13.0 Å². The van der Waals surface area contributed by atoms with Crippen LogP contribution >= 0.6 is 35.5 Å². The second kappa shape index (κ2) is 11.4. The fourth-order valence-corrected chi connectivity index (χ4v) is 3.93. The minimum Gasteiger partial charge on any atom is -0.493 e. The van der Waals surface area contributed by atoms with Gasteiger partial charge in [0.15, 0.2) is 17.5 Å². The maximum atomic E-state index is 5.38. The number of guanidine groups is 1. The smallest absolute Gasteiger partial charge is 0.205 e. The fourth-order valence-electron chi connectivity index (χ4n) is 3.13. The van der Waals surface area contributed by atoms with E-state index in [1.165, 1.54) is 11.5 Å². The summed E-state index contributed by atoms with van der Waals surface area (Å²) in [6.07, 6.45) is 0.878. The molecule has 1 aliphatic heterocycles. The number of piperazine rings is 1. The molecular formula is C19H29IN6O2S. The summed E-state index contributed by atoms with van der Waals surface area (Å²) in [5.74, 6) is 3.29. The highest BCUT2D eigenvalue weighted by atomic mass is 127. The molecule has 1 aromatic carbocycles. The van der Waals surface area contributed by atoms with E-state index in [-0.39, 0.29) is 24.0 Å². The minimum absolute atomic E-state index is 0. The molecule has 0 aliphatic carbocycles. The van der Waals surface area contributed by atoms with Gasteiger partial charge >= 0.3 is 0 Å². The number of aliphatic imine (C=N–C) groups is 1. The van der Waals surface area contributed by atoms with Crippen molar-refractivity contribution in [3.63, 3.8) is 0 Å². The molecule has 3 rings (SSSR count). The lowest BCUT2D eigenvalue weighted by atomic mass is 10.2. The predicted molar refractivity (Wildman–Crippen MR) is 128 cm³/mol. The molecule has 1 aromatic heterocycles. The molecule has 2 heterocycles. The summed E-state index contributed by atoms with van der Waals surface area (Å²) in [5, 5.41) is 4.47. The van der Waals surface area contributed by atoms with Crippen molar-refractivity contribution in [3.8, 4) is 11.5 Å². The highest BCUT2D eigenvalue weighted by molar-refractivity contribution is 14.0. The van der Waals surface area contributed by atoms with Crippen LogP contribution in [0.1, 0.15) is 18.3 Å². The quantitative estimate of drug-likeness (QED) is 0.349. The zero-order valence-corrected chi connectivity index (χ0v) is 20.5. The standard InChI is InChI=1S/C19H28N6O2S.HI/c1-5-17-22-19(28-23-17)25-10-8-24(9-11-25)18(20-2)21-13-14-6-7-15(26-3)16(12-14)27-4;/h6-7,12H,5,8-11,13H2,1-4H3,(H,20,21);1H. The number of halogens is 1. The van der Waals surface area contributed by atoms with E-state index in [4.69, 9.17) is 9.47 Å². The predicted octanol–water partition coefficient (Wildman–Crippen LogP) is 2.63. The van der Waals surface area contributed by atoms with Crippen molar-refractivity contribution in [1.82, 2.24) is 19.6 Å². The Balaban J connectivity index is 0.00000300. The molecule has 0 spiro atoms. The number of aryl methyl sites for hydroxylation is 1. The molecule has 1 aliphatic rings. The van der Waals surface area contributed by atoms with Gasteiger partial charge < -0.3 is 24.6 Å². The lowest BCUT2D eigenvalue weighted by Crippen LogP contribution is -2.52. The monoisotopic (exact) mass is 532 g/mol. The van der Waals surface area contributed by atoms with Crippen LogP contribution in [0.5, 0.6) is 11.5 Å². The average molecular weight is 532 g/mol. The molecule has 8 nitrogen and oxygen atoms in total. The van der Waals surface area contributed by atoms with E-state index in [9.17, 15) is 0 Å². The average Bonchev–Trinajstić information content (AvgIpc) is 3.23. The van der Waals surface area contributed by atoms with Gasteiger partial charge in [-0.2, -0.15) is 4.37 Å². The van der Waals surface area contributed by atoms with Crippen molar-refractivity contribution in [2.24, 2.45) is 4.99 Å². The molecule has 10 heteroatoms. The van der Waals surface area contributed by atoms with Gasteiger partial charge in [-0.1, -0.05) is 13.0 Å². The SMILES string of the molecule is CCc1nsc(N2CCN(C(=NC)NCc3ccc(OC)c(OC)c3)CC2)n1.I. The number of benzene rings is 1. The van der Waals surface area contributed by atoms with Crippen molar-refractivity contribution in [1.29, 1.82) is 0 Å². The Hall–Kier alpha value is -1.82. The van der Waals surface area contributed by atoms with Gasteiger partial charge in [-0.15, -0.1) is 24.0 Å². The maximum absolute atomic E-state index is 5.38. The van der Waals surface area contributed by atoms with Crippen molar-refractivity contribution < 1.29 is 9.47 Å². The molecule has 160 valence electrons. The molecular weight excluding hydrogens is 503 g/mol. The van der Waals surface area contributed by atoms with Gasteiger partial charge in [0.25, 0.3) is 0 Å². The van der Waals surface area contributed by atoms with Crippen LogP contribution in [0.15, 0.2) is 23.2 Å². The Bertz CT molecular complexity index is 808. The lowest BCUT2D eigenvalue weighted by Gasteiger charge is -2.36. The number of hydrogen-bond donors (Lipinski definition) is 1. The van der Waals surface area contributed by atoms with E-state index in [0.717, 1.165) is 66.6 Å². The van der Waals surface area contributed by atoms with Crippen LogP contribution in [-0.4, -0.2) is 67.7 Å². The number of methoxy groups -OCH3 is 2. The van der Waals surface area contributed by atoms with Crippen molar-refractivity contribution >= 4 is 46.6 Å². The first kappa shape index (κ1) is 23.5. The second-order valence-corrected chi connectivity index (χ2v) is 7.14. The number of ether oxygens (including phenoxy) is 2. The number of nitrogens with zero attached hydrogens (tertiary/aromatic N) is 5. The molecule has 0 amide bonds. The van der Waals surface area contributed by atoms with Crippen molar-refractivity contribution in [3.05, 3.63) is 29.6 Å². The van der Waals surface area contributed by atoms with Crippen molar-refractivity contribution in [2.75, 3.05) is 52.3 Å². The van der Waals surface area contributed by atoms with E-state index in [1.807, 2.05) is 25.2 Å². The number of aromatic nitrogens is 2. The van der Waals surface area contributed by atoms with Crippen LogP contribution in [0, 0.1) is 0 Å². The summed E-state index contributed by atoms with van der Waals surface area (Å²) in [6, 6.07) is 5.93. The third-order valence-corrected chi connectivity index (χ3v) is 5.55. The van der Waals surface area contributed by atoms with E-state index >= 15 is 0 Å². The number of rotatable bonds is 6. The summed E-state index contributed by atoms with van der Waals surface area (Å²) in [5.41, 5.74) is 1.11. The van der Waals surface area contributed by atoms with Gasteiger partial charge in [0.2, 0.25) is 5.13 Å². The summed E-state index contributed by atoms with van der Waals surface area (Å²) in [6.45, 7) is 6.37. The Kier molecular flexibility index (Phi) is 9.21. The molecule has 0 unspecified atom stereocenters. The third-order valence-electron chi connectivity index (χ3n) is 4.73. The highest BCUT2D eigenvalue weighted by Crippen LogP contribution is 2.27. The summed E-state index contributed by atoms with van der Waals surface area (Å²) in [4.78, 5) is 13.6. The third kappa shape index (κ3) is 5.84. The topological polar surface area (TPSA) is 75.1 Å². The largest absolute Gasteiger partial charge is 0.493 e. The van der Waals surface area contributed by atoms with E-state index in [2.05, 4.69) is 36.4 Å². The normalized spacial score (nSPS) is 14.4. The number of hydrogen-bond acceptors (Lipinski definition) is 7. The number of anilines is 1. The Morgan fingerprint density at radius 2 is 1.90 bits per heavy atom. The first-order chi connectivity index (χ1) is 13.7. The second-order valence-electron chi connectivity index (χ2n) is 6.41. The molecule has 1 N–H and O–H groups in total.